The number of aliphatic hydroxyl groups is 2. The Bertz CT molecular complexity index is 49.3. The molecular formula is C6H14O2. The monoisotopic (exact) mass is 118 g/mol. The van der Waals surface area contributed by atoms with Gasteiger partial charge in [0.15, 0.2) is 0 Å². The molecule has 0 saturated heterocycles. The fraction of sp³-hybridized carbons (Fsp3) is 1.00. The van der Waals surface area contributed by atoms with Crippen molar-refractivity contribution in [2.45, 2.75) is 20.3 Å². The fourth-order valence-electron chi connectivity index (χ4n) is 0.274. The van der Waals surface area contributed by atoms with Crippen LogP contribution in [-0.2, 0) is 0 Å². The molecule has 0 atom stereocenters. The maximum atomic E-state index is 8.63. The van der Waals surface area contributed by atoms with E-state index in [-0.39, 0.29) is 18.6 Å². The van der Waals surface area contributed by atoms with Crippen LogP contribution in [0, 0.1) is 5.41 Å². The zero-order chi connectivity index (χ0) is 6.62. The van der Waals surface area contributed by atoms with Crippen LogP contribution in [0.2, 0.25) is 0 Å². The molecular weight excluding hydrogens is 104 g/mol. The van der Waals surface area contributed by atoms with Gasteiger partial charge in [0.1, 0.15) is 0 Å². The van der Waals surface area contributed by atoms with E-state index >= 15 is 0 Å². The van der Waals surface area contributed by atoms with Gasteiger partial charge in [0, 0.05) is 5.41 Å². The molecule has 0 aromatic rings. The SMILES string of the molecule is CCC(C)(CO)CO. The van der Waals surface area contributed by atoms with Gasteiger partial charge in [0.05, 0.1) is 13.2 Å². The maximum Gasteiger partial charge on any atom is 0.0506 e. The average Bonchev–Trinajstić information content (AvgIpc) is 1.87. The predicted molar refractivity (Wildman–Crippen MR) is 32.6 cm³/mol. The molecule has 0 aliphatic rings. The Kier molecular flexibility index (Phi) is 3.02. The number of aliphatic hydroxyl groups excluding tert-OH is 2. The number of rotatable bonds is 3. The van der Waals surface area contributed by atoms with Crippen molar-refractivity contribution in [3.8, 4) is 0 Å². The molecule has 0 spiro atoms. The molecule has 0 aromatic carbocycles. The van der Waals surface area contributed by atoms with Crippen LogP contribution in [-0.4, -0.2) is 23.4 Å². The minimum Gasteiger partial charge on any atom is -0.396 e. The lowest BCUT2D eigenvalue weighted by Crippen LogP contribution is -2.24. The first-order valence-electron chi connectivity index (χ1n) is 2.90. The van der Waals surface area contributed by atoms with Gasteiger partial charge in [0.25, 0.3) is 0 Å². The van der Waals surface area contributed by atoms with E-state index in [1.165, 1.54) is 0 Å². The summed E-state index contributed by atoms with van der Waals surface area (Å²) in [4.78, 5) is 0. The van der Waals surface area contributed by atoms with Gasteiger partial charge < -0.3 is 10.2 Å². The van der Waals surface area contributed by atoms with Gasteiger partial charge in [0.2, 0.25) is 0 Å². The van der Waals surface area contributed by atoms with E-state index in [1.807, 2.05) is 13.8 Å². The van der Waals surface area contributed by atoms with Crippen LogP contribution in [0.15, 0.2) is 0 Å². The highest BCUT2D eigenvalue weighted by Gasteiger charge is 2.18. The molecule has 0 aliphatic heterocycles. The van der Waals surface area contributed by atoms with E-state index < -0.39 is 0 Å². The van der Waals surface area contributed by atoms with E-state index in [2.05, 4.69) is 0 Å². The summed E-state index contributed by atoms with van der Waals surface area (Å²) in [7, 11) is 0. The molecule has 0 radical (unpaired) electrons. The summed E-state index contributed by atoms with van der Waals surface area (Å²) in [5.74, 6) is 0. The molecule has 8 heavy (non-hydrogen) atoms. The molecule has 0 amide bonds. The van der Waals surface area contributed by atoms with Crippen molar-refractivity contribution in [2.24, 2.45) is 5.41 Å². The van der Waals surface area contributed by atoms with Crippen LogP contribution in [0.5, 0.6) is 0 Å². The van der Waals surface area contributed by atoms with Gasteiger partial charge >= 0.3 is 0 Å². The Morgan fingerprint density at radius 3 is 1.62 bits per heavy atom. The highest BCUT2D eigenvalue weighted by Crippen LogP contribution is 2.17. The first kappa shape index (κ1) is 7.92. The molecule has 0 saturated carbocycles. The van der Waals surface area contributed by atoms with Crippen molar-refractivity contribution in [1.82, 2.24) is 0 Å². The molecule has 2 nitrogen and oxygen atoms in total. The van der Waals surface area contributed by atoms with Gasteiger partial charge in [-0.1, -0.05) is 13.8 Å². The average molecular weight is 118 g/mol. The van der Waals surface area contributed by atoms with E-state index in [9.17, 15) is 0 Å². The van der Waals surface area contributed by atoms with Gasteiger partial charge in [-0.2, -0.15) is 0 Å². The summed E-state index contributed by atoms with van der Waals surface area (Å²) >= 11 is 0. The van der Waals surface area contributed by atoms with Crippen molar-refractivity contribution >= 4 is 0 Å². The topological polar surface area (TPSA) is 40.5 Å². The Labute approximate surface area is 50.2 Å². The lowest BCUT2D eigenvalue weighted by Gasteiger charge is -2.21. The minimum absolute atomic E-state index is 0.0694. The second-order valence-electron chi connectivity index (χ2n) is 2.48. The summed E-state index contributed by atoms with van der Waals surface area (Å²) < 4.78 is 0. The van der Waals surface area contributed by atoms with Crippen LogP contribution in [0.3, 0.4) is 0 Å². The normalized spacial score (nSPS) is 12.0. The third-order valence-corrected chi connectivity index (χ3v) is 1.62. The third-order valence-electron chi connectivity index (χ3n) is 1.62. The Balaban J connectivity index is 3.58. The van der Waals surface area contributed by atoms with Crippen molar-refractivity contribution in [1.29, 1.82) is 0 Å². The van der Waals surface area contributed by atoms with E-state index in [0.717, 1.165) is 6.42 Å². The zero-order valence-corrected chi connectivity index (χ0v) is 5.52. The molecule has 0 fully saturated rings. The summed E-state index contributed by atoms with van der Waals surface area (Å²) in [6.07, 6.45) is 0.819. The van der Waals surface area contributed by atoms with Gasteiger partial charge in [-0.25, -0.2) is 0 Å². The largest absolute Gasteiger partial charge is 0.396 e. The second-order valence-corrected chi connectivity index (χ2v) is 2.48. The first-order valence-corrected chi connectivity index (χ1v) is 2.90. The highest BCUT2D eigenvalue weighted by molar-refractivity contribution is 4.68. The van der Waals surface area contributed by atoms with Crippen LogP contribution in [0.25, 0.3) is 0 Å². The summed E-state index contributed by atoms with van der Waals surface area (Å²) in [5.41, 5.74) is -0.264. The van der Waals surface area contributed by atoms with E-state index in [4.69, 9.17) is 10.2 Å². The van der Waals surface area contributed by atoms with Crippen molar-refractivity contribution in [2.75, 3.05) is 13.2 Å². The molecule has 0 aliphatic carbocycles. The second kappa shape index (κ2) is 3.05. The predicted octanol–water partition coefficient (Wildman–Crippen LogP) is 0.387. The standard InChI is InChI=1S/C6H14O2/c1-3-6(2,4-7)5-8/h7-8H,3-5H2,1-2H3. The molecule has 0 unspecified atom stereocenters. The fourth-order valence-corrected chi connectivity index (χ4v) is 0.274. The smallest absolute Gasteiger partial charge is 0.0506 e. The summed E-state index contributed by atoms with van der Waals surface area (Å²) in [6, 6.07) is 0. The molecule has 0 aromatic heterocycles. The third kappa shape index (κ3) is 1.80. The lowest BCUT2D eigenvalue weighted by atomic mass is 9.90. The summed E-state index contributed by atoms with van der Waals surface area (Å²) in [6.45, 7) is 3.94. The van der Waals surface area contributed by atoms with Gasteiger partial charge in [-0.05, 0) is 6.42 Å². The molecule has 0 rings (SSSR count). The van der Waals surface area contributed by atoms with Crippen molar-refractivity contribution in [3.05, 3.63) is 0 Å². The van der Waals surface area contributed by atoms with Gasteiger partial charge in [-0.3, -0.25) is 0 Å². The van der Waals surface area contributed by atoms with Crippen molar-refractivity contribution < 1.29 is 10.2 Å². The molecule has 50 valence electrons. The molecule has 2 N–H and O–H groups in total. The quantitative estimate of drug-likeness (QED) is 0.562. The van der Waals surface area contributed by atoms with E-state index in [1.54, 1.807) is 0 Å². The first-order chi connectivity index (χ1) is 3.68. The lowest BCUT2D eigenvalue weighted by molar-refractivity contribution is 0.0670. The minimum atomic E-state index is -0.264. The Morgan fingerprint density at radius 1 is 1.25 bits per heavy atom. The van der Waals surface area contributed by atoms with Crippen LogP contribution < -0.4 is 0 Å². The van der Waals surface area contributed by atoms with Crippen molar-refractivity contribution in [3.63, 3.8) is 0 Å². The van der Waals surface area contributed by atoms with Crippen LogP contribution in [0.4, 0.5) is 0 Å². The van der Waals surface area contributed by atoms with E-state index in [0.29, 0.717) is 0 Å². The Hall–Kier alpha value is -0.0800. The zero-order valence-electron chi connectivity index (χ0n) is 5.52. The summed E-state index contributed by atoms with van der Waals surface area (Å²) in [5, 5.41) is 17.3. The number of hydrogen-bond donors (Lipinski definition) is 2. The molecule has 2 heteroatoms. The van der Waals surface area contributed by atoms with Crippen LogP contribution in [0.1, 0.15) is 20.3 Å². The Morgan fingerprint density at radius 2 is 1.62 bits per heavy atom. The molecule has 0 heterocycles. The van der Waals surface area contributed by atoms with Gasteiger partial charge in [-0.15, -0.1) is 0 Å². The van der Waals surface area contributed by atoms with Crippen LogP contribution >= 0.6 is 0 Å². The maximum absolute atomic E-state index is 8.63. The number of hydrogen-bond acceptors (Lipinski definition) is 2. The highest BCUT2D eigenvalue weighted by atomic mass is 16.3. The molecule has 0 bridgehead atoms.